The first-order valence-corrected chi connectivity index (χ1v) is 8.41. The molecule has 1 aromatic rings. The molecule has 1 aromatic carbocycles. The van der Waals surface area contributed by atoms with E-state index in [2.05, 4.69) is 44.3 Å². The lowest BCUT2D eigenvalue weighted by Gasteiger charge is -2.38. The lowest BCUT2D eigenvalue weighted by atomic mass is 9.70. The summed E-state index contributed by atoms with van der Waals surface area (Å²) in [7, 11) is 1.77. The fourth-order valence-electron chi connectivity index (χ4n) is 3.60. The van der Waals surface area contributed by atoms with Crippen molar-refractivity contribution < 1.29 is 4.74 Å². The molecule has 1 unspecified atom stereocenters. The van der Waals surface area contributed by atoms with Crippen molar-refractivity contribution >= 4 is 0 Å². The molecule has 118 valence electrons. The Morgan fingerprint density at radius 1 is 1.24 bits per heavy atom. The van der Waals surface area contributed by atoms with E-state index in [0.29, 0.717) is 11.5 Å². The minimum atomic E-state index is 0.539. The molecule has 2 rings (SSSR count). The highest BCUT2D eigenvalue weighted by molar-refractivity contribution is 5.34. The zero-order valence-electron chi connectivity index (χ0n) is 14.1. The van der Waals surface area contributed by atoms with Gasteiger partial charge in [-0.25, -0.2) is 0 Å². The van der Waals surface area contributed by atoms with Crippen LogP contribution in [0, 0.1) is 11.3 Å². The number of hydrogen-bond donors (Lipinski definition) is 1. The molecule has 0 radical (unpaired) electrons. The molecule has 1 aliphatic carbocycles. The summed E-state index contributed by atoms with van der Waals surface area (Å²) in [5.74, 6) is 1.82. The van der Waals surface area contributed by atoms with Crippen LogP contribution in [0.25, 0.3) is 0 Å². The van der Waals surface area contributed by atoms with E-state index in [4.69, 9.17) is 4.74 Å². The van der Waals surface area contributed by atoms with E-state index in [-0.39, 0.29) is 0 Å². The van der Waals surface area contributed by atoms with Crippen LogP contribution < -0.4 is 10.1 Å². The summed E-state index contributed by atoms with van der Waals surface area (Å²) in [6.07, 6.45) is 6.47. The molecule has 2 nitrogen and oxygen atoms in total. The van der Waals surface area contributed by atoms with Gasteiger partial charge in [0.05, 0.1) is 7.11 Å². The van der Waals surface area contributed by atoms with E-state index in [0.717, 1.165) is 24.6 Å². The van der Waals surface area contributed by atoms with E-state index in [1.165, 1.54) is 31.2 Å². The van der Waals surface area contributed by atoms with Crippen LogP contribution in [0.3, 0.4) is 0 Å². The molecule has 1 atom stereocenters. The summed E-state index contributed by atoms with van der Waals surface area (Å²) in [4.78, 5) is 0. The molecular weight excluding hydrogens is 258 g/mol. The van der Waals surface area contributed by atoms with Crippen LogP contribution in [0.15, 0.2) is 24.3 Å². The minimum Gasteiger partial charge on any atom is -0.496 e. The first kappa shape index (κ1) is 16.4. The number of benzene rings is 1. The molecule has 0 spiro atoms. The van der Waals surface area contributed by atoms with E-state index in [9.17, 15) is 0 Å². The summed E-state index contributed by atoms with van der Waals surface area (Å²) < 4.78 is 5.52. The highest BCUT2D eigenvalue weighted by Gasteiger charge is 2.31. The largest absolute Gasteiger partial charge is 0.496 e. The number of para-hydroxylation sites is 1. The van der Waals surface area contributed by atoms with E-state index in [1.54, 1.807) is 7.11 Å². The van der Waals surface area contributed by atoms with E-state index in [1.807, 2.05) is 6.07 Å². The number of likely N-dealkylation sites (N-methyl/N-ethyl adjacent to an activating group) is 1. The van der Waals surface area contributed by atoms with Gasteiger partial charge in [-0.15, -0.1) is 0 Å². The van der Waals surface area contributed by atoms with Gasteiger partial charge in [0.2, 0.25) is 0 Å². The Hall–Kier alpha value is -1.02. The number of hydrogen-bond acceptors (Lipinski definition) is 2. The van der Waals surface area contributed by atoms with Crippen LogP contribution in [0.5, 0.6) is 5.75 Å². The van der Waals surface area contributed by atoms with Crippen LogP contribution in [0.2, 0.25) is 0 Å². The predicted molar refractivity (Wildman–Crippen MR) is 89.9 cm³/mol. The lowest BCUT2D eigenvalue weighted by Crippen LogP contribution is -2.40. The van der Waals surface area contributed by atoms with Gasteiger partial charge in [0, 0.05) is 6.04 Å². The maximum absolute atomic E-state index is 5.52. The fourth-order valence-corrected chi connectivity index (χ4v) is 3.60. The molecule has 1 aliphatic rings. The molecule has 1 N–H and O–H groups in total. The molecule has 1 saturated carbocycles. The summed E-state index contributed by atoms with van der Waals surface area (Å²) in [6.45, 7) is 8.07. The standard InChI is InChI=1S/C19H31NO/c1-5-20-17(15-10-12-19(2,3)13-11-15)14-16-8-6-7-9-18(16)21-4/h6-9,15,17,20H,5,10-14H2,1-4H3. The maximum atomic E-state index is 5.52. The second-order valence-electron chi connectivity index (χ2n) is 7.18. The third-order valence-corrected chi connectivity index (χ3v) is 5.05. The minimum absolute atomic E-state index is 0.539. The second-order valence-corrected chi connectivity index (χ2v) is 7.18. The number of methoxy groups -OCH3 is 1. The smallest absolute Gasteiger partial charge is 0.122 e. The highest BCUT2D eigenvalue weighted by atomic mass is 16.5. The lowest BCUT2D eigenvalue weighted by molar-refractivity contribution is 0.161. The molecule has 21 heavy (non-hydrogen) atoms. The average molecular weight is 289 g/mol. The third-order valence-electron chi connectivity index (χ3n) is 5.05. The molecule has 0 amide bonds. The van der Waals surface area contributed by atoms with Crippen molar-refractivity contribution in [2.75, 3.05) is 13.7 Å². The molecule has 0 heterocycles. The van der Waals surface area contributed by atoms with E-state index >= 15 is 0 Å². The van der Waals surface area contributed by atoms with Gasteiger partial charge in [-0.3, -0.25) is 0 Å². The zero-order valence-corrected chi connectivity index (χ0v) is 14.1. The van der Waals surface area contributed by atoms with Crippen LogP contribution in [0.4, 0.5) is 0 Å². The highest BCUT2D eigenvalue weighted by Crippen LogP contribution is 2.40. The monoisotopic (exact) mass is 289 g/mol. The van der Waals surface area contributed by atoms with Crippen LogP contribution in [0.1, 0.15) is 52.0 Å². The van der Waals surface area contributed by atoms with Gasteiger partial charge in [0.25, 0.3) is 0 Å². The molecule has 0 aliphatic heterocycles. The van der Waals surface area contributed by atoms with Crippen molar-refractivity contribution in [2.24, 2.45) is 11.3 Å². The SMILES string of the molecule is CCNC(Cc1ccccc1OC)C1CCC(C)(C)CC1. The van der Waals surface area contributed by atoms with Gasteiger partial charge in [-0.05, 0) is 61.6 Å². The van der Waals surface area contributed by atoms with Crippen molar-refractivity contribution in [3.05, 3.63) is 29.8 Å². The van der Waals surface area contributed by atoms with Gasteiger partial charge in [-0.2, -0.15) is 0 Å². The van der Waals surface area contributed by atoms with Gasteiger partial charge in [0.1, 0.15) is 5.75 Å². The maximum Gasteiger partial charge on any atom is 0.122 e. The average Bonchev–Trinajstić information content (AvgIpc) is 2.47. The van der Waals surface area contributed by atoms with Crippen molar-refractivity contribution in [1.82, 2.24) is 5.32 Å². The van der Waals surface area contributed by atoms with Gasteiger partial charge < -0.3 is 10.1 Å². The Morgan fingerprint density at radius 3 is 2.52 bits per heavy atom. The van der Waals surface area contributed by atoms with Crippen molar-refractivity contribution in [3.8, 4) is 5.75 Å². The topological polar surface area (TPSA) is 21.3 Å². The van der Waals surface area contributed by atoms with Crippen LogP contribution in [-0.2, 0) is 6.42 Å². The molecule has 1 fully saturated rings. The Kier molecular flexibility index (Phi) is 5.69. The van der Waals surface area contributed by atoms with E-state index < -0.39 is 0 Å². The predicted octanol–water partition coefficient (Wildman–Crippen LogP) is 4.43. The van der Waals surface area contributed by atoms with Gasteiger partial charge >= 0.3 is 0 Å². The fraction of sp³-hybridized carbons (Fsp3) is 0.684. The molecule has 0 saturated heterocycles. The quantitative estimate of drug-likeness (QED) is 0.836. The summed E-state index contributed by atoms with van der Waals surface area (Å²) in [6, 6.07) is 9.01. The first-order chi connectivity index (χ1) is 10.1. The zero-order chi connectivity index (χ0) is 15.3. The number of nitrogens with one attached hydrogen (secondary N) is 1. The van der Waals surface area contributed by atoms with Gasteiger partial charge in [0.15, 0.2) is 0 Å². The first-order valence-electron chi connectivity index (χ1n) is 8.41. The Balaban J connectivity index is 2.05. The molecule has 0 aromatic heterocycles. The van der Waals surface area contributed by atoms with Crippen molar-refractivity contribution in [1.29, 1.82) is 0 Å². The van der Waals surface area contributed by atoms with Crippen LogP contribution >= 0.6 is 0 Å². The molecular formula is C19H31NO. The summed E-state index contributed by atoms with van der Waals surface area (Å²) in [5, 5.41) is 3.72. The number of rotatable bonds is 6. The Morgan fingerprint density at radius 2 is 1.90 bits per heavy atom. The molecule has 2 heteroatoms. The Labute approximate surface area is 130 Å². The van der Waals surface area contributed by atoms with Crippen molar-refractivity contribution in [2.45, 2.75) is 58.9 Å². The third kappa shape index (κ3) is 4.47. The summed E-state index contributed by atoms with van der Waals surface area (Å²) >= 11 is 0. The van der Waals surface area contributed by atoms with Gasteiger partial charge in [-0.1, -0.05) is 39.0 Å². The normalized spacial score (nSPS) is 20.2. The van der Waals surface area contributed by atoms with Crippen molar-refractivity contribution in [3.63, 3.8) is 0 Å². The summed E-state index contributed by atoms with van der Waals surface area (Å²) in [5.41, 5.74) is 1.87. The number of ether oxygens (including phenoxy) is 1. The Bertz CT molecular complexity index is 431. The second kappa shape index (κ2) is 7.31. The van der Waals surface area contributed by atoms with Crippen LogP contribution in [-0.4, -0.2) is 19.7 Å². The molecule has 0 bridgehead atoms.